The Morgan fingerprint density at radius 3 is 2.31 bits per heavy atom. The lowest BCUT2D eigenvalue weighted by molar-refractivity contribution is -0.148. The highest BCUT2D eigenvalue weighted by Crippen LogP contribution is 2.04. The summed E-state index contributed by atoms with van der Waals surface area (Å²) in [5, 5.41) is 2.64. The third kappa shape index (κ3) is 4.50. The van der Waals surface area contributed by atoms with Crippen LogP contribution in [0.25, 0.3) is 0 Å². The molecule has 1 N–H and O–H groups in total. The second kappa shape index (κ2) is 5.56. The van der Waals surface area contributed by atoms with Gasteiger partial charge >= 0.3 is 5.97 Å². The number of hydrogen-bond acceptors (Lipinski definition) is 3. The summed E-state index contributed by atoms with van der Waals surface area (Å²) >= 11 is 0. The molecule has 0 aliphatic heterocycles. The first-order valence-corrected chi connectivity index (χ1v) is 4.42. The zero-order valence-corrected chi connectivity index (χ0v) is 8.59. The summed E-state index contributed by atoms with van der Waals surface area (Å²) in [4.78, 5) is 21.9. The molecule has 0 saturated heterocycles. The minimum atomic E-state index is -0.302. The molecule has 0 rings (SSSR count). The summed E-state index contributed by atoms with van der Waals surface area (Å²) in [6.45, 7) is 7.07. The van der Waals surface area contributed by atoms with Crippen molar-refractivity contribution >= 4 is 11.9 Å². The maximum absolute atomic E-state index is 11.2. The zero-order chi connectivity index (χ0) is 10.4. The van der Waals surface area contributed by atoms with Crippen molar-refractivity contribution in [2.75, 3.05) is 6.61 Å². The fourth-order valence-electron chi connectivity index (χ4n) is 0.923. The van der Waals surface area contributed by atoms with E-state index in [-0.39, 0.29) is 23.8 Å². The van der Waals surface area contributed by atoms with Gasteiger partial charge in [0, 0.05) is 13.0 Å². The van der Waals surface area contributed by atoms with Gasteiger partial charge in [0.25, 0.3) is 0 Å². The summed E-state index contributed by atoms with van der Waals surface area (Å²) in [5.74, 6) is -0.712. The highest BCUT2D eigenvalue weighted by molar-refractivity contribution is 5.76. The van der Waals surface area contributed by atoms with Crippen LogP contribution in [0.3, 0.4) is 0 Å². The van der Waals surface area contributed by atoms with Crippen LogP contribution in [0, 0.1) is 5.92 Å². The Hall–Kier alpha value is -1.06. The van der Waals surface area contributed by atoms with Gasteiger partial charge in [-0.3, -0.25) is 9.59 Å². The Kier molecular flexibility index (Phi) is 5.11. The molecule has 0 aliphatic rings. The van der Waals surface area contributed by atoms with E-state index in [1.807, 2.05) is 0 Å². The normalized spacial score (nSPS) is 14.5. The van der Waals surface area contributed by atoms with Gasteiger partial charge in [-0.15, -0.1) is 0 Å². The summed E-state index contributed by atoms with van der Waals surface area (Å²) < 4.78 is 4.82. The lowest BCUT2D eigenvalue weighted by atomic mass is 10.0. The Morgan fingerprint density at radius 2 is 1.92 bits per heavy atom. The van der Waals surface area contributed by atoms with Gasteiger partial charge in [0.05, 0.1) is 12.5 Å². The first-order chi connectivity index (χ1) is 5.99. The molecule has 4 heteroatoms. The number of hydrogen-bond donors (Lipinski definition) is 1. The first kappa shape index (κ1) is 11.9. The SMILES string of the molecule is CCOC(=O)[C@@H](C)[C@@H](C)NC(C)=O. The van der Waals surface area contributed by atoms with E-state index in [0.717, 1.165) is 0 Å². The van der Waals surface area contributed by atoms with Gasteiger partial charge < -0.3 is 10.1 Å². The first-order valence-electron chi connectivity index (χ1n) is 4.42. The Labute approximate surface area is 78.6 Å². The number of carbonyl (C=O) groups is 2. The summed E-state index contributed by atoms with van der Waals surface area (Å²) in [7, 11) is 0. The lowest BCUT2D eigenvalue weighted by Gasteiger charge is -2.18. The van der Waals surface area contributed by atoms with Crippen molar-refractivity contribution in [1.82, 2.24) is 5.32 Å². The van der Waals surface area contributed by atoms with E-state index in [1.165, 1.54) is 6.92 Å². The number of nitrogens with one attached hydrogen (secondary N) is 1. The molecule has 0 fully saturated rings. The molecule has 4 nitrogen and oxygen atoms in total. The van der Waals surface area contributed by atoms with E-state index < -0.39 is 0 Å². The van der Waals surface area contributed by atoms with Crippen LogP contribution in [0.4, 0.5) is 0 Å². The minimum Gasteiger partial charge on any atom is -0.466 e. The smallest absolute Gasteiger partial charge is 0.310 e. The Bertz CT molecular complexity index is 191. The van der Waals surface area contributed by atoms with E-state index in [4.69, 9.17) is 4.74 Å². The van der Waals surface area contributed by atoms with Gasteiger partial charge in [-0.05, 0) is 20.8 Å². The molecule has 13 heavy (non-hydrogen) atoms. The molecule has 1 amide bonds. The van der Waals surface area contributed by atoms with Crippen molar-refractivity contribution in [1.29, 1.82) is 0 Å². The van der Waals surface area contributed by atoms with E-state index in [1.54, 1.807) is 20.8 Å². The Morgan fingerprint density at radius 1 is 1.38 bits per heavy atom. The van der Waals surface area contributed by atoms with Crippen molar-refractivity contribution in [3.63, 3.8) is 0 Å². The lowest BCUT2D eigenvalue weighted by Crippen LogP contribution is -2.39. The van der Waals surface area contributed by atoms with Crippen molar-refractivity contribution in [3.8, 4) is 0 Å². The van der Waals surface area contributed by atoms with Crippen molar-refractivity contribution in [2.24, 2.45) is 5.92 Å². The number of carbonyl (C=O) groups excluding carboxylic acids is 2. The molecule has 76 valence electrons. The molecule has 0 radical (unpaired) electrons. The molecule has 0 aromatic heterocycles. The molecule has 0 aromatic carbocycles. The second-order valence-electron chi connectivity index (χ2n) is 3.03. The maximum Gasteiger partial charge on any atom is 0.310 e. The van der Waals surface area contributed by atoms with Gasteiger partial charge in [-0.2, -0.15) is 0 Å². The number of ether oxygens (including phenoxy) is 1. The zero-order valence-electron chi connectivity index (χ0n) is 8.59. The molecule has 0 bridgehead atoms. The highest BCUT2D eigenvalue weighted by atomic mass is 16.5. The van der Waals surface area contributed by atoms with E-state index in [0.29, 0.717) is 6.61 Å². The number of esters is 1. The highest BCUT2D eigenvalue weighted by Gasteiger charge is 2.21. The standard InChI is InChI=1S/C9H17NO3/c1-5-13-9(12)6(2)7(3)10-8(4)11/h6-7H,5H2,1-4H3,(H,10,11)/t6-,7+/m0/s1. The summed E-state index contributed by atoms with van der Waals surface area (Å²) in [6.07, 6.45) is 0. The van der Waals surface area contributed by atoms with Crippen LogP contribution < -0.4 is 5.32 Å². The van der Waals surface area contributed by atoms with Crippen molar-refractivity contribution in [3.05, 3.63) is 0 Å². The predicted octanol–water partition coefficient (Wildman–Crippen LogP) is 0.710. The van der Waals surface area contributed by atoms with Crippen LogP contribution in [0.1, 0.15) is 27.7 Å². The van der Waals surface area contributed by atoms with Crippen LogP contribution in [0.2, 0.25) is 0 Å². The van der Waals surface area contributed by atoms with Crippen LogP contribution in [-0.4, -0.2) is 24.5 Å². The molecule has 0 unspecified atom stereocenters. The quantitative estimate of drug-likeness (QED) is 0.659. The molecule has 0 aromatic rings. The van der Waals surface area contributed by atoms with E-state index in [9.17, 15) is 9.59 Å². The third-order valence-electron chi connectivity index (χ3n) is 1.84. The van der Waals surface area contributed by atoms with Gasteiger partial charge in [0.15, 0.2) is 0 Å². The van der Waals surface area contributed by atoms with Crippen LogP contribution in [0.15, 0.2) is 0 Å². The van der Waals surface area contributed by atoms with Crippen LogP contribution in [0.5, 0.6) is 0 Å². The van der Waals surface area contributed by atoms with Gasteiger partial charge in [0.1, 0.15) is 0 Å². The summed E-state index contributed by atoms with van der Waals surface area (Å²) in [5.41, 5.74) is 0. The topological polar surface area (TPSA) is 55.4 Å². The molecule has 0 saturated carbocycles. The van der Waals surface area contributed by atoms with Crippen LogP contribution >= 0.6 is 0 Å². The van der Waals surface area contributed by atoms with Gasteiger partial charge in [-0.1, -0.05) is 0 Å². The van der Waals surface area contributed by atoms with Gasteiger partial charge in [-0.25, -0.2) is 0 Å². The number of amides is 1. The molecule has 0 spiro atoms. The third-order valence-corrected chi connectivity index (χ3v) is 1.84. The fourth-order valence-corrected chi connectivity index (χ4v) is 0.923. The second-order valence-corrected chi connectivity index (χ2v) is 3.03. The average molecular weight is 187 g/mol. The van der Waals surface area contributed by atoms with E-state index >= 15 is 0 Å². The predicted molar refractivity (Wildman–Crippen MR) is 49.1 cm³/mol. The van der Waals surface area contributed by atoms with Gasteiger partial charge in [0.2, 0.25) is 5.91 Å². The van der Waals surface area contributed by atoms with E-state index in [2.05, 4.69) is 5.32 Å². The molecule has 2 atom stereocenters. The number of rotatable bonds is 4. The van der Waals surface area contributed by atoms with Crippen molar-refractivity contribution < 1.29 is 14.3 Å². The monoisotopic (exact) mass is 187 g/mol. The molecular formula is C9H17NO3. The molecular weight excluding hydrogens is 170 g/mol. The van der Waals surface area contributed by atoms with Crippen molar-refractivity contribution in [2.45, 2.75) is 33.7 Å². The molecule has 0 aliphatic carbocycles. The summed E-state index contributed by atoms with van der Waals surface area (Å²) in [6, 6.07) is -0.184. The Balaban J connectivity index is 4.00. The largest absolute Gasteiger partial charge is 0.466 e. The maximum atomic E-state index is 11.2. The van der Waals surface area contributed by atoms with Crippen LogP contribution in [-0.2, 0) is 14.3 Å². The fraction of sp³-hybridized carbons (Fsp3) is 0.778. The minimum absolute atomic E-state index is 0.136. The molecule has 0 heterocycles. The average Bonchev–Trinajstić information content (AvgIpc) is 2.02.